The van der Waals surface area contributed by atoms with Gasteiger partial charge in [-0.1, -0.05) is 43.9 Å². The Morgan fingerprint density at radius 2 is 1.73 bits per heavy atom. The van der Waals surface area contributed by atoms with E-state index >= 15 is 0 Å². The van der Waals surface area contributed by atoms with Crippen LogP contribution in [0.15, 0.2) is 24.3 Å². The summed E-state index contributed by atoms with van der Waals surface area (Å²) in [5.74, 6) is 0.647. The number of carbonyl (C=O) groups is 1. The smallest absolute Gasteiger partial charge is 0.236 e. The zero-order valence-corrected chi connectivity index (χ0v) is 13.5. The van der Waals surface area contributed by atoms with E-state index in [9.17, 15) is 9.90 Å². The molecule has 1 aromatic carbocycles. The van der Waals surface area contributed by atoms with Gasteiger partial charge in [-0.3, -0.25) is 4.79 Å². The standard InChI is InChI=1S/C19H25NO2/c1-18-13-9-5-3-4-6-10-14(13)19(18,22)15-11-7-8-12-16(15)20(2)17(18)21/h7-8,11-14,22H,3-6,9-10H2,1-2H3. The number of hydrogen-bond acceptors (Lipinski definition) is 2. The predicted molar refractivity (Wildman–Crippen MR) is 86.5 cm³/mol. The lowest BCUT2D eigenvalue weighted by atomic mass is 9.39. The van der Waals surface area contributed by atoms with Crippen LogP contribution in [-0.4, -0.2) is 18.1 Å². The minimum atomic E-state index is -0.977. The van der Waals surface area contributed by atoms with Crippen LogP contribution in [0.3, 0.4) is 0 Å². The van der Waals surface area contributed by atoms with E-state index in [1.807, 2.05) is 38.2 Å². The van der Waals surface area contributed by atoms with Gasteiger partial charge in [-0.25, -0.2) is 0 Å². The van der Waals surface area contributed by atoms with Crippen molar-refractivity contribution >= 4 is 11.6 Å². The van der Waals surface area contributed by atoms with Crippen molar-refractivity contribution in [1.29, 1.82) is 0 Å². The number of hydrogen-bond donors (Lipinski definition) is 1. The van der Waals surface area contributed by atoms with Crippen molar-refractivity contribution < 1.29 is 9.90 Å². The molecule has 3 heteroatoms. The van der Waals surface area contributed by atoms with Crippen LogP contribution in [0.5, 0.6) is 0 Å². The summed E-state index contributed by atoms with van der Waals surface area (Å²) in [6.45, 7) is 2.00. The molecule has 1 N–H and O–H groups in total. The van der Waals surface area contributed by atoms with Gasteiger partial charge in [0.15, 0.2) is 0 Å². The molecule has 0 spiro atoms. The molecule has 0 bridgehead atoms. The molecule has 1 amide bonds. The highest BCUT2D eigenvalue weighted by Gasteiger charge is 2.74. The number of carbonyl (C=O) groups excluding carboxylic acids is 1. The van der Waals surface area contributed by atoms with E-state index in [1.54, 1.807) is 4.90 Å². The van der Waals surface area contributed by atoms with Crippen molar-refractivity contribution in [2.75, 3.05) is 11.9 Å². The molecule has 1 heterocycles. The van der Waals surface area contributed by atoms with Crippen LogP contribution in [-0.2, 0) is 10.4 Å². The maximum atomic E-state index is 13.1. The first-order chi connectivity index (χ1) is 10.5. The quantitative estimate of drug-likeness (QED) is 0.797. The molecule has 2 fully saturated rings. The van der Waals surface area contributed by atoms with Crippen LogP contribution in [0.2, 0.25) is 0 Å². The normalized spacial score (nSPS) is 40.7. The first-order valence-corrected chi connectivity index (χ1v) is 8.63. The van der Waals surface area contributed by atoms with Gasteiger partial charge < -0.3 is 10.0 Å². The van der Waals surface area contributed by atoms with E-state index in [0.29, 0.717) is 5.92 Å². The third-order valence-electron chi connectivity index (χ3n) is 6.76. The first kappa shape index (κ1) is 14.3. The Bertz CT molecular complexity index is 628. The number of rotatable bonds is 0. The van der Waals surface area contributed by atoms with E-state index in [0.717, 1.165) is 24.1 Å². The molecule has 0 saturated heterocycles. The molecule has 4 unspecified atom stereocenters. The number of aliphatic hydroxyl groups is 1. The van der Waals surface area contributed by atoms with Crippen LogP contribution in [0.25, 0.3) is 0 Å². The van der Waals surface area contributed by atoms with E-state index in [1.165, 1.54) is 25.7 Å². The van der Waals surface area contributed by atoms with Crippen LogP contribution in [0, 0.1) is 17.3 Å². The topological polar surface area (TPSA) is 40.5 Å². The van der Waals surface area contributed by atoms with Gasteiger partial charge in [0.1, 0.15) is 5.60 Å². The Morgan fingerprint density at radius 3 is 2.45 bits per heavy atom. The van der Waals surface area contributed by atoms with E-state index < -0.39 is 11.0 Å². The number of amides is 1. The third-order valence-corrected chi connectivity index (χ3v) is 6.76. The highest BCUT2D eigenvalue weighted by Crippen LogP contribution is 2.70. The summed E-state index contributed by atoms with van der Waals surface area (Å²) < 4.78 is 0. The second-order valence-electron chi connectivity index (χ2n) is 7.55. The molecule has 1 aliphatic heterocycles. The van der Waals surface area contributed by atoms with Gasteiger partial charge in [0.25, 0.3) is 0 Å². The second-order valence-corrected chi connectivity index (χ2v) is 7.55. The van der Waals surface area contributed by atoms with Crippen molar-refractivity contribution in [3.05, 3.63) is 29.8 Å². The minimum absolute atomic E-state index is 0.0931. The highest BCUT2D eigenvalue weighted by molar-refractivity contribution is 6.02. The molecule has 2 aliphatic carbocycles. The number of anilines is 1. The van der Waals surface area contributed by atoms with Gasteiger partial charge >= 0.3 is 0 Å². The number of para-hydroxylation sites is 1. The molecule has 4 atom stereocenters. The lowest BCUT2D eigenvalue weighted by Gasteiger charge is -2.68. The van der Waals surface area contributed by atoms with Gasteiger partial charge in [-0.05, 0) is 37.7 Å². The third kappa shape index (κ3) is 1.43. The molecule has 1 aromatic rings. The summed E-state index contributed by atoms with van der Waals surface area (Å²) in [7, 11) is 1.85. The zero-order chi connectivity index (χ0) is 15.5. The Hall–Kier alpha value is -1.35. The minimum Gasteiger partial charge on any atom is -0.384 e. The van der Waals surface area contributed by atoms with Gasteiger partial charge in [-0.15, -0.1) is 0 Å². The Balaban J connectivity index is 1.88. The second kappa shape index (κ2) is 4.58. The molecule has 22 heavy (non-hydrogen) atoms. The van der Waals surface area contributed by atoms with Gasteiger partial charge in [0, 0.05) is 18.3 Å². The average Bonchev–Trinajstić information content (AvgIpc) is 2.51. The average molecular weight is 299 g/mol. The summed E-state index contributed by atoms with van der Waals surface area (Å²) >= 11 is 0. The fourth-order valence-corrected chi connectivity index (χ4v) is 5.59. The van der Waals surface area contributed by atoms with Crippen molar-refractivity contribution in [2.45, 2.75) is 51.0 Å². The van der Waals surface area contributed by atoms with E-state index in [-0.39, 0.29) is 11.8 Å². The maximum absolute atomic E-state index is 13.1. The highest BCUT2D eigenvalue weighted by atomic mass is 16.3. The summed E-state index contributed by atoms with van der Waals surface area (Å²) in [6.07, 6.45) is 6.99. The fraction of sp³-hybridized carbons (Fsp3) is 0.632. The molecule has 0 aromatic heterocycles. The molecule has 2 saturated carbocycles. The summed E-state index contributed by atoms with van der Waals surface area (Å²) in [6, 6.07) is 7.91. The van der Waals surface area contributed by atoms with Crippen molar-refractivity contribution in [1.82, 2.24) is 0 Å². The predicted octanol–water partition coefficient (Wildman–Crippen LogP) is 3.46. The molecular weight excluding hydrogens is 274 g/mol. The van der Waals surface area contributed by atoms with Crippen LogP contribution in [0.1, 0.15) is 51.0 Å². The molecule has 3 nitrogen and oxygen atoms in total. The Kier molecular flexibility index (Phi) is 2.96. The van der Waals surface area contributed by atoms with Crippen molar-refractivity contribution in [3.63, 3.8) is 0 Å². The first-order valence-electron chi connectivity index (χ1n) is 8.63. The van der Waals surface area contributed by atoms with Crippen LogP contribution in [0.4, 0.5) is 5.69 Å². The van der Waals surface area contributed by atoms with Gasteiger partial charge in [0.05, 0.1) is 5.41 Å². The largest absolute Gasteiger partial charge is 0.384 e. The van der Waals surface area contributed by atoms with Gasteiger partial charge in [-0.2, -0.15) is 0 Å². The number of nitrogens with zero attached hydrogens (tertiary/aromatic N) is 1. The van der Waals surface area contributed by atoms with Crippen molar-refractivity contribution in [3.8, 4) is 0 Å². The summed E-state index contributed by atoms with van der Waals surface area (Å²) in [5.41, 5.74) is 0.210. The Labute approximate surface area is 132 Å². The SMILES string of the molecule is CN1C(=O)C2(C)C3CCCCCCC3C2(O)c2ccccc21. The van der Waals surface area contributed by atoms with Crippen LogP contribution < -0.4 is 4.90 Å². The number of fused-ring (bicyclic) bond motifs is 6. The maximum Gasteiger partial charge on any atom is 0.236 e. The lowest BCUT2D eigenvalue weighted by Crippen LogP contribution is -2.74. The fourth-order valence-electron chi connectivity index (χ4n) is 5.59. The molecule has 118 valence electrons. The molecule has 3 aliphatic rings. The zero-order valence-electron chi connectivity index (χ0n) is 13.5. The van der Waals surface area contributed by atoms with E-state index in [2.05, 4.69) is 0 Å². The van der Waals surface area contributed by atoms with E-state index in [4.69, 9.17) is 0 Å². The summed E-state index contributed by atoms with van der Waals surface area (Å²) in [4.78, 5) is 14.9. The number of benzene rings is 1. The molecule has 0 radical (unpaired) electrons. The summed E-state index contributed by atoms with van der Waals surface area (Å²) in [5, 5.41) is 11.7. The molecular formula is C19H25NO2. The Morgan fingerprint density at radius 1 is 1.09 bits per heavy atom. The van der Waals surface area contributed by atoms with Crippen LogP contribution >= 0.6 is 0 Å². The lowest BCUT2D eigenvalue weighted by molar-refractivity contribution is -0.262. The van der Waals surface area contributed by atoms with Crippen molar-refractivity contribution in [2.24, 2.45) is 17.3 Å². The monoisotopic (exact) mass is 299 g/mol. The van der Waals surface area contributed by atoms with Gasteiger partial charge in [0.2, 0.25) is 5.91 Å². The molecule has 4 rings (SSSR count).